The van der Waals surface area contributed by atoms with Crippen LogP contribution in [0.3, 0.4) is 0 Å². The number of thiocarbonyl (C=S) groups is 1. The molecule has 2 heterocycles. The summed E-state index contributed by atoms with van der Waals surface area (Å²) in [7, 11) is 0. The van der Waals surface area contributed by atoms with Crippen molar-refractivity contribution in [3.63, 3.8) is 0 Å². The molecule has 0 N–H and O–H groups in total. The number of hydrogen-bond acceptors (Lipinski definition) is 4. The van der Waals surface area contributed by atoms with Crippen LogP contribution in [-0.2, 0) is 4.79 Å². The van der Waals surface area contributed by atoms with Crippen molar-refractivity contribution in [1.82, 2.24) is 4.98 Å². The average molecular weight is 351 g/mol. The molecule has 1 fully saturated rings. The second-order valence-electron chi connectivity index (χ2n) is 4.40. The number of anilines is 1. The summed E-state index contributed by atoms with van der Waals surface area (Å²) in [5.74, 6) is -0.803. The van der Waals surface area contributed by atoms with E-state index in [-0.39, 0.29) is 10.9 Å². The summed E-state index contributed by atoms with van der Waals surface area (Å²) in [5.41, 5.74) is 1.25. The maximum Gasteiger partial charge on any atom is 0.270 e. The summed E-state index contributed by atoms with van der Waals surface area (Å²) in [6.45, 7) is 0. The molecule has 0 bridgehead atoms. The number of carbonyl (C=O) groups excluding carboxylic acids is 1. The van der Waals surface area contributed by atoms with Gasteiger partial charge in [0.1, 0.15) is 5.82 Å². The molecule has 0 aliphatic carbocycles. The zero-order valence-electron chi connectivity index (χ0n) is 11.0. The summed E-state index contributed by atoms with van der Waals surface area (Å²) in [6, 6.07) is 7.69. The van der Waals surface area contributed by atoms with Gasteiger partial charge < -0.3 is 0 Å². The van der Waals surface area contributed by atoms with Crippen molar-refractivity contribution in [2.24, 2.45) is 0 Å². The molecule has 1 amide bonds. The highest BCUT2D eigenvalue weighted by molar-refractivity contribution is 8.27. The maximum absolute atomic E-state index is 13.3. The number of amides is 1. The number of nitrogens with zero attached hydrogens (tertiary/aromatic N) is 2. The lowest BCUT2D eigenvalue weighted by molar-refractivity contribution is -0.113. The molecule has 0 atom stereocenters. The predicted octanol–water partition coefficient (Wildman–Crippen LogP) is 4.28. The second-order valence-corrected chi connectivity index (χ2v) is 6.48. The molecule has 0 unspecified atom stereocenters. The second kappa shape index (κ2) is 6.16. The molecule has 7 heteroatoms. The van der Waals surface area contributed by atoms with Crippen molar-refractivity contribution in [3.8, 4) is 0 Å². The smallest absolute Gasteiger partial charge is 0.268 e. The molecule has 0 radical (unpaired) electrons. The van der Waals surface area contributed by atoms with Crippen molar-refractivity contribution in [1.29, 1.82) is 0 Å². The van der Waals surface area contributed by atoms with E-state index in [0.717, 1.165) is 5.56 Å². The topological polar surface area (TPSA) is 33.2 Å². The monoisotopic (exact) mass is 350 g/mol. The number of benzene rings is 1. The molecular formula is C15H8ClFN2OS2. The van der Waals surface area contributed by atoms with Crippen LogP contribution in [0, 0.1) is 5.82 Å². The standard InChI is InChI=1S/C15H8ClFN2OS2/c16-11-7-10(3-4-12(11)17)19-14(20)13(22-15(19)21)6-9-2-1-5-18-8-9/h1-8H/b13-6+. The first-order valence-electron chi connectivity index (χ1n) is 6.19. The quantitative estimate of drug-likeness (QED) is 0.598. The molecule has 1 aromatic heterocycles. The van der Waals surface area contributed by atoms with Crippen molar-refractivity contribution in [3.05, 3.63) is 64.0 Å². The fourth-order valence-electron chi connectivity index (χ4n) is 1.93. The van der Waals surface area contributed by atoms with Crippen molar-refractivity contribution >= 4 is 57.6 Å². The SMILES string of the molecule is O=C1/C(=C\c2cccnc2)SC(=S)N1c1ccc(F)c(Cl)c1. The number of rotatable bonds is 2. The van der Waals surface area contributed by atoms with Crippen molar-refractivity contribution in [2.75, 3.05) is 4.90 Å². The van der Waals surface area contributed by atoms with Crippen LogP contribution in [0.15, 0.2) is 47.6 Å². The number of carbonyl (C=O) groups is 1. The zero-order chi connectivity index (χ0) is 15.7. The van der Waals surface area contributed by atoms with Gasteiger partial charge in [0.05, 0.1) is 15.6 Å². The minimum Gasteiger partial charge on any atom is -0.268 e. The fraction of sp³-hybridized carbons (Fsp3) is 0. The van der Waals surface area contributed by atoms with E-state index in [0.29, 0.717) is 14.9 Å². The number of aromatic nitrogens is 1. The molecule has 22 heavy (non-hydrogen) atoms. The summed E-state index contributed by atoms with van der Waals surface area (Å²) in [6.07, 6.45) is 5.03. The van der Waals surface area contributed by atoms with Gasteiger partial charge in [-0.15, -0.1) is 0 Å². The Kier molecular flexibility index (Phi) is 4.24. The van der Waals surface area contributed by atoms with Gasteiger partial charge in [-0.2, -0.15) is 0 Å². The first-order valence-corrected chi connectivity index (χ1v) is 7.79. The Morgan fingerprint density at radius 1 is 1.36 bits per heavy atom. The fourth-order valence-corrected chi connectivity index (χ4v) is 3.40. The third-order valence-corrected chi connectivity index (χ3v) is 4.53. The summed E-state index contributed by atoms with van der Waals surface area (Å²) >= 11 is 12.2. The first kappa shape index (κ1) is 15.1. The molecule has 1 aromatic carbocycles. The molecule has 110 valence electrons. The van der Waals surface area contributed by atoms with E-state index >= 15 is 0 Å². The van der Waals surface area contributed by atoms with Crippen LogP contribution in [0.1, 0.15) is 5.56 Å². The van der Waals surface area contributed by atoms with E-state index in [1.165, 1.54) is 34.9 Å². The van der Waals surface area contributed by atoms with E-state index < -0.39 is 5.82 Å². The molecule has 1 aliphatic heterocycles. The van der Waals surface area contributed by atoms with Gasteiger partial charge in [0, 0.05) is 12.4 Å². The minimum absolute atomic E-state index is 0.0530. The highest BCUT2D eigenvalue weighted by Crippen LogP contribution is 2.36. The van der Waals surface area contributed by atoms with Crippen LogP contribution in [0.25, 0.3) is 6.08 Å². The Balaban J connectivity index is 1.95. The number of hydrogen-bond donors (Lipinski definition) is 0. The Morgan fingerprint density at radius 2 is 2.18 bits per heavy atom. The van der Waals surface area contributed by atoms with Gasteiger partial charge in [-0.25, -0.2) is 4.39 Å². The van der Waals surface area contributed by atoms with Crippen molar-refractivity contribution < 1.29 is 9.18 Å². The van der Waals surface area contributed by atoms with E-state index in [2.05, 4.69) is 4.98 Å². The van der Waals surface area contributed by atoms with Gasteiger partial charge in [-0.3, -0.25) is 14.7 Å². The molecule has 2 aromatic rings. The highest BCUT2D eigenvalue weighted by atomic mass is 35.5. The summed E-state index contributed by atoms with van der Waals surface area (Å²) in [5, 5.41) is -0.0530. The van der Waals surface area contributed by atoms with E-state index in [1.807, 2.05) is 6.07 Å². The van der Waals surface area contributed by atoms with Crippen LogP contribution in [-0.4, -0.2) is 15.2 Å². The third kappa shape index (κ3) is 2.90. The van der Waals surface area contributed by atoms with Gasteiger partial charge in [0.2, 0.25) is 0 Å². The lowest BCUT2D eigenvalue weighted by Crippen LogP contribution is -2.27. The lowest BCUT2D eigenvalue weighted by atomic mass is 10.2. The third-order valence-electron chi connectivity index (χ3n) is 2.94. The maximum atomic E-state index is 13.3. The normalized spacial score (nSPS) is 16.6. The first-order chi connectivity index (χ1) is 10.6. The number of pyridine rings is 1. The summed E-state index contributed by atoms with van der Waals surface area (Å²) in [4.78, 5) is 18.3. The van der Waals surface area contributed by atoms with E-state index in [4.69, 9.17) is 23.8 Å². The van der Waals surface area contributed by atoms with Gasteiger partial charge in [0.15, 0.2) is 4.32 Å². The molecule has 1 saturated heterocycles. The van der Waals surface area contributed by atoms with E-state index in [9.17, 15) is 9.18 Å². The Hall–Kier alpha value is -1.76. The number of halogens is 2. The molecular weight excluding hydrogens is 343 g/mol. The minimum atomic E-state index is -0.540. The number of thioether (sulfide) groups is 1. The highest BCUT2D eigenvalue weighted by Gasteiger charge is 2.33. The van der Waals surface area contributed by atoms with Crippen LogP contribution < -0.4 is 4.90 Å². The Labute approximate surface area is 140 Å². The van der Waals surface area contributed by atoms with Crippen LogP contribution in [0.5, 0.6) is 0 Å². The Morgan fingerprint density at radius 3 is 2.86 bits per heavy atom. The van der Waals surface area contributed by atoms with Gasteiger partial charge in [-0.05, 0) is 35.9 Å². The predicted molar refractivity (Wildman–Crippen MR) is 91.3 cm³/mol. The Bertz CT molecular complexity index is 795. The lowest BCUT2D eigenvalue weighted by Gasteiger charge is -2.14. The molecule has 0 saturated carbocycles. The van der Waals surface area contributed by atoms with Crippen LogP contribution in [0.4, 0.5) is 10.1 Å². The molecule has 0 spiro atoms. The van der Waals surface area contributed by atoms with Gasteiger partial charge in [-0.1, -0.05) is 41.6 Å². The zero-order valence-corrected chi connectivity index (χ0v) is 13.4. The molecule has 3 nitrogen and oxygen atoms in total. The van der Waals surface area contributed by atoms with Gasteiger partial charge >= 0.3 is 0 Å². The molecule has 1 aliphatic rings. The van der Waals surface area contributed by atoms with Crippen molar-refractivity contribution in [2.45, 2.75) is 0 Å². The average Bonchev–Trinajstić information content (AvgIpc) is 2.78. The van der Waals surface area contributed by atoms with E-state index in [1.54, 1.807) is 24.5 Å². The largest absolute Gasteiger partial charge is 0.270 e. The summed E-state index contributed by atoms with van der Waals surface area (Å²) < 4.78 is 13.6. The van der Waals surface area contributed by atoms with Crippen LogP contribution >= 0.6 is 35.6 Å². The molecule has 3 rings (SSSR count). The van der Waals surface area contributed by atoms with Crippen LogP contribution in [0.2, 0.25) is 5.02 Å². The van der Waals surface area contributed by atoms with Gasteiger partial charge in [0.25, 0.3) is 5.91 Å².